The third kappa shape index (κ3) is 0.568. The topological polar surface area (TPSA) is 12.0 Å². The maximum Gasteiger partial charge on any atom is 0.158 e. The second kappa shape index (κ2) is 1.58. The Morgan fingerprint density at radius 2 is 2.67 bits per heavy atom. The molecular weight excluding hydrogens is 74.1 g/mol. The van der Waals surface area contributed by atoms with Crippen LogP contribution >= 0.6 is 0 Å². The summed E-state index contributed by atoms with van der Waals surface area (Å²) in [6.07, 6.45) is 8.59. The van der Waals surface area contributed by atoms with Gasteiger partial charge in [0.2, 0.25) is 0 Å². The van der Waals surface area contributed by atoms with Crippen LogP contribution < -0.4 is 5.32 Å². The molecule has 0 amide bonds. The smallest absolute Gasteiger partial charge is 0.158 e. The van der Waals surface area contributed by atoms with Gasteiger partial charge in [0.15, 0.2) is 6.08 Å². The molecule has 1 heteroatoms. The van der Waals surface area contributed by atoms with Gasteiger partial charge in [-0.15, -0.1) is 0 Å². The summed E-state index contributed by atoms with van der Waals surface area (Å²) in [6, 6.07) is 0. The highest BCUT2D eigenvalue weighted by Crippen LogP contribution is 1.77. The first kappa shape index (κ1) is 3.38. The van der Waals surface area contributed by atoms with E-state index in [2.05, 4.69) is 11.4 Å². The molecule has 0 saturated carbocycles. The Kier molecular flexibility index (Phi) is 0.892. The molecule has 0 radical (unpaired) electrons. The fourth-order valence-electron chi connectivity index (χ4n) is 0.361. The zero-order chi connectivity index (χ0) is 4.24. The van der Waals surface area contributed by atoms with Crippen LogP contribution in [0.25, 0.3) is 0 Å². The molecule has 0 saturated heterocycles. The van der Waals surface area contributed by atoms with Crippen LogP contribution in [0.5, 0.6) is 0 Å². The average Bonchev–Trinajstić information content (AvgIpc) is 1.72. The molecular formula is C5H6N+. The van der Waals surface area contributed by atoms with E-state index in [1.165, 1.54) is 0 Å². The van der Waals surface area contributed by atoms with Crippen LogP contribution in [-0.2, 0) is 0 Å². The van der Waals surface area contributed by atoms with E-state index < -0.39 is 0 Å². The van der Waals surface area contributed by atoms with Gasteiger partial charge in [0.1, 0.15) is 18.8 Å². The van der Waals surface area contributed by atoms with Crippen molar-refractivity contribution in [2.24, 2.45) is 0 Å². The van der Waals surface area contributed by atoms with Crippen LogP contribution in [0.15, 0.2) is 18.4 Å². The Labute approximate surface area is 37.4 Å². The molecule has 1 heterocycles. The highest BCUT2D eigenvalue weighted by atomic mass is 14.8. The van der Waals surface area contributed by atoms with Crippen molar-refractivity contribution in [1.29, 1.82) is 0 Å². The SMILES string of the molecule is [C+]1=CNCC=C1. The van der Waals surface area contributed by atoms with Crippen molar-refractivity contribution in [2.45, 2.75) is 0 Å². The van der Waals surface area contributed by atoms with Gasteiger partial charge in [-0.05, 0) is 0 Å². The molecule has 0 aromatic heterocycles. The molecule has 0 fully saturated rings. The molecule has 6 heavy (non-hydrogen) atoms. The Bertz CT molecular complexity index is 69.9. The Hall–Kier alpha value is -0.810. The highest BCUT2D eigenvalue weighted by molar-refractivity contribution is 5.00. The second-order valence-electron chi connectivity index (χ2n) is 1.12. The fourth-order valence-corrected chi connectivity index (χ4v) is 0.361. The molecule has 0 spiro atoms. The summed E-state index contributed by atoms with van der Waals surface area (Å²) in [7, 11) is 0. The standard InChI is InChI=1S/C5H6N/c1-2-4-6-5-3-1/h1-2,5-6H,4H2/q+1. The lowest BCUT2D eigenvalue weighted by Gasteiger charge is -1.84. The van der Waals surface area contributed by atoms with Crippen molar-refractivity contribution in [2.75, 3.05) is 6.54 Å². The minimum atomic E-state index is 0.951. The van der Waals surface area contributed by atoms with E-state index in [0.29, 0.717) is 0 Å². The summed E-state index contributed by atoms with van der Waals surface area (Å²) in [5.74, 6) is 0. The number of dihydropyridines is 1. The van der Waals surface area contributed by atoms with Gasteiger partial charge in [0, 0.05) is 0 Å². The third-order valence-electron chi connectivity index (χ3n) is 0.635. The number of nitrogens with one attached hydrogen (secondary N) is 1. The van der Waals surface area contributed by atoms with Crippen LogP contribution in [0, 0.1) is 6.08 Å². The summed E-state index contributed by atoms with van der Waals surface area (Å²) >= 11 is 0. The molecule has 1 nitrogen and oxygen atoms in total. The van der Waals surface area contributed by atoms with Gasteiger partial charge < -0.3 is 5.32 Å². The van der Waals surface area contributed by atoms with E-state index in [0.717, 1.165) is 6.54 Å². The largest absolute Gasteiger partial charge is 0.346 e. The van der Waals surface area contributed by atoms with Gasteiger partial charge in [-0.3, -0.25) is 0 Å². The second-order valence-corrected chi connectivity index (χ2v) is 1.12. The molecule has 0 aliphatic carbocycles. The Balaban J connectivity index is 2.46. The maximum atomic E-state index is 2.96. The predicted octanol–water partition coefficient (Wildman–Crippen LogP) is 0.463. The number of hydrogen-bond donors (Lipinski definition) is 1. The molecule has 0 aromatic carbocycles. The normalized spacial score (nSPS) is 16.0. The van der Waals surface area contributed by atoms with Crippen LogP contribution in [0.4, 0.5) is 0 Å². The summed E-state index contributed by atoms with van der Waals surface area (Å²) in [6.45, 7) is 0.951. The van der Waals surface area contributed by atoms with Crippen molar-refractivity contribution in [3.8, 4) is 0 Å². The van der Waals surface area contributed by atoms with Gasteiger partial charge >= 0.3 is 0 Å². The molecule has 1 aliphatic rings. The van der Waals surface area contributed by atoms with Crippen molar-refractivity contribution >= 4 is 0 Å². The van der Waals surface area contributed by atoms with E-state index in [-0.39, 0.29) is 0 Å². The maximum absolute atomic E-state index is 2.96. The van der Waals surface area contributed by atoms with Crippen LogP contribution in [0.2, 0.25) is 0 Å². The lowest BCUT2D eigenvalue weighted by atomic mass is 10.4. The molecule has 1 rings (SSSR count). The quantitative estimate of drug-likeness (QED) is 0.417. The number of allylic oxidation sites excluding steroid dienone is 2. The average molecular weight is 80.1 g/mol. The molecule has 0 bridgehead atoms. The first-order valence-electron chi connectivity index (χ1n) is 1.96. The van der Waals surface area contributed by atoms with E-state index in [4.69, 9.17) is 0 Å². The van der Waals surface area contributed by atoms with Crippen molar-refractivity contribution in [3.05, 3.63) is 24.4 Å². The number of hydrogen-bond acceptors (Lipinski definition) is 1. The minimum absolute atomic E-state index is 0.951. The van der Waals surface area contributed by atoms with Crippen molar-refractivity contribution < 1.29 is 0 Å². The molecule has 1 aliphatic heterocycles. The zero-order valence-electron chi connectivity index (χ0n) is 3.44. The van der Waals surface area contributed by atoms with Crippen LogP contribution in [0.3, 0.4) is 0 Å². The van der Waals surface area contributed by atoms with Gasteiger partial charge in [-0.25, -0.2) is 0 Å². The monoisotopic (exact) mass is 80.0 g/mol. The first-order chi connectivity index (χ1) is 3.00. The van der Waals surface area contributed by atoms with E-state index in [1.807, 2.05) is 12.2 Å². The van der Waals surface area contributed by atoms with E-state index in [1.54, 1.807) is 6.20 Å². The van der Waals surface area contributed by atoms with Gasteiger partial charge in [-0.2, -0.15) is 0 Å². The molecule has 0 atom stereocenters. The first-order valence-corrected chi connectivity index (χ1v) is 1.96. The van der Waals surface area contributed by atoms with Gasteiger partial charge in [-0.1, -0.05) is 0 Å². The lowest BCUT2D eigenvalue weighted by Crippen LogP contribution is -2.05. The van der Waals surface area contributed by atoms with E-state index in [9.17, 15) is 0 Å². The highest BCUT2D eigenvalue weighted by Gasteiger charge is 1.86. The number of rotatable bonds is 0. The summed E-state index contributed by atoms with van der Waals surface area (Å²) in [5, 5.41) is 2.96. The van der Waals surface area contributed by atoms with Crippen molar-refractivity contribution in [1.82, 2.24) is 5.32 Å². The molecule has 0 aromatic rings. The summed E-state index contributed by atoms with van der Waals surface area (Å²) < 4.78 is 0. The molecule has 0 unspecified atom stereocenters. The van der Waals surface area contributed by atoms with Crippen LogP contribution in [-0.4, -0.2) is 6.54 Å². The van der Waals surface area contributed by atoms with E-state index >= 15 is 0 Å². The van der Waals surface area contributed by atoms with Crippen LogP contribution in [0.1, 0.15) is 0 Å². The zero-order valence-corrected chi connectivity index (χ0v) is 3.44. The van der Waals surface area contributed by atoms with Crippen molar-refractivity contribution in [3.63, 3.8) is 0 Å². The molecule has 1 N–H and O–H groups in total. The summed E-state index contributed by atoms with van der Waals surface area (Å²) in [4.78, 5) is 0. The third-order valence-corrected chi connectivity index (χ3v) is 0.635. The molecule has 30 valence electrons. The fraction of sp³-hybridized carbons (Fsp3) is 0.200. The minimum Gasteiger partial charge on any atom is -0.346 e. The summed E-state index contributed by atoms with van der Waals surface area (Å²) in [5.41, 5.74) is 0. The Morgan fingerprint density at radius 3 is 2.83 bits per heavy atom. The van der Waals surface area contributed by atoms with Gasteiger partial charge in [0.05, 0.1) is 6.08 Å². The predicted molar refractivity (Wildman–Crippen MR) is 25.0 cm³/mol. The Morgan fingerprint density at radius 1 is 1.67 bits per heavy atom. The lowest BCUT2D eigenvalue weighted by molar-refractivity contribution is 0.966. The van der Waals surface area contributed by atoms with Gasteiger partial charge in [0.25, 0.3) is 0 Å².